The van der Waals surface area contributed by atoms with E-state index in [2.05, 4.69) is 44.2 Å². The maximum atomic E-state index is 12.7. The van der Waals surface area contributed by atoms with Crippen LogP contribution < -0.4 is 4.18 Å². The number of benzene rings is 5. The van der Waals surface area contributed by atoms with Crippen molar-refractivity contribution in [3.05, 3.63) is 76.8 Å². The molecule has 342 valence electrons. The average Bonchev–Trinajstić information content (AvgIpc) is 3.18. The molecule has 0 aliphatic rings. The van der Waals surface area contributed by atoms with Crippen molar-refractivity contribution in [2.45, 2.75) is 14.7 Å². The summed E-state index contributed by atoms with van der Waals surface area (Å²) in [5.41, 5.74) is -3.74. The molecular formula is C30H23FeN7O21S5. The number of phenolic OH excluding ortho intramolecular Hbond substituents is 4. The van der Waals surface area contributed by atoms with E-state index in [1.54, 1.807) is 0 Å². The fraction of sp³-hybridized carbons (Fsp3) is 0.0667. The second-order valence-electron chi connectivity index (χ2n) is 11.6. The van der Waals surface area contributed by atoms with Gasteiger partial charge in [0.25, 0.3) is 15.8 Å². The summed E-state index contributed by atoms with van der Waals surface area (Å²) in [6.45, 7) is -1.00. The van der Waals surface area contributed by atoms with Crippen LogP contribution in [0.1, 0.15) is 0 Å². The number of sulfone groups is 1. The van der Waals surface area contributed by atoms with Gasteiger partial charge in [-0.3, -0.25) is 23.8 Å². The van der Waals surface area contributed by atoms with Gasteiger partial charge >= 0.3 is 21.8 Å². The number of nitro benzene ring substituents is 1. The number of fused-ring (bicyclic) bond motifs is 1. The second-order valence-corrected chi connectivity index (χ2v) is 17.6. The minimum atomic E-state index is -5.05. The van der Waals surface area contributed by atoms with Crippen molar-refractivity contribution in [3.63, 3.8) is 0 Å². The molecule has 1 atom stereocenters. The Bertz CT molecular complexity index is 3100. The first kappa shape index (κ1) is 50.8. The second kappa shape index (κ2) is 20.8. The molecule has 5 aromatic carbocycles. The van der Waals surface area contributed by atoms with Crippen LogP contribution in [-0.4, -0.2) is 86.1 Å². The van der Waals surface area contributed by atoms with Crippen LogP contribution in [0.2, 0.25) is 0 Å². The van der Waals surface area contributed by atoms with E-state index in [1.807, 2.05) is 0 Å². The van der Waals surface area contributed by atoms with Gasteiger partial charge in [-0.1, -0.05) is 5.04 Å². The van der Waals surface area contributed by atoms with E-state index in [9.17, 15) is 69.1 Å². The number of non-ortho nitro benzene ring substituents is 1. The fourth-order valence-corrected chi connectivity index (χ4v) is 7.74. The van der Waals surface area contributed by atoms with Crippen molar-refractivity contribution in [2.24, 2.45) is 30.7 Å². The Labute approximate surface area is 374 Å². The Morgan fingerprint density at radius 3 is 1.97 bits per heavy atom. The molecule has 0 spiro atoms. The van der Waals surface area contributed by atoms with E-state index in [0.717, 1.165) is 54.6 Å². The molecule has 34 heteroatoms. The standard InChI is InChI=1S/C30H23N7O21S5.Fe/c38-22-6-5-20(33-32-19-4-2-16(13-24(19)56-60(45)46)61(47,48)8-7-55-63(52,53)54)29(40)27(22)35-34-21-12-17(62(49,50)51)9-14-10-25(59-58-57-44)28(30(41)26(14)21)36-31-18-3-1-15(37(42)43)11-23(18)39;/h1-6,9-13,38-41,44H,7-8H2,(H,45,46)(H,49,50,51)(H,52,53,54);. The summed E-state index contributed by atoms with van der Waals surface area (Å²) >= 11 is -2.89. The molecular weight excluding hydrogens is 1010 g/mol. The minimum absolute atomic E-state index is 0. The predicted octanol–water partition coefficient (Wildman–Crippen LogP) is 6.60. The number of nitrogens with zero attached hydrogens (tertiary/aromatic N) is 7. The van der Waals surface area contributed by atoms with E-state index in [-0.39, 0.29) is 45.1 Å². The first-order valence-electron chi connectivity index (χ1n) is 16.0. The summed E-state index contributed by atoms with van der Waals surface area (Å²) in [6.07, 6.45) is 0. The van der Waals surface area contributed by atoms with Crippen molar-refractivity contribution in [1.82, 2.24) is 0 Å². The normalized spacial score (nSPS) is 12.9. The summed E-state index contributed by atoms with van der Waals surface area (Å²) in [7, 11) is -14.4. The molecule has 0 heterocycles. The van der Waals surface area contributed by atoms with Crippen LogP contribution in [-0.2, 0) is 72.3 Å². The molecule has 0 aromatic heterocycles. The summed E-state index contributed by atoms with van der Waals surface area (Å²) in [5, 5.41) is 88.9. The van der Waals surface area contributed by atoms with Crippen LogP contribution in [0.4, 0.5) is 39.8 Å². The third-order valence-electron chi connectivity index (χ3n) is 7.65. The molecule has 5 rings (SSSR count). The molecule has 0 saturated heterocycles. The third-order valence-corrected chi connectivity index (χ3v) is 11.6. The molecule has 0 aliphatic heterocycles. The van der Waals surface area contributed by atoms with Crippen LogP contribution in [0.3, 0.4) is 0 Å². The molecule has 1 unspecified atom stereocenters. The number of hydrogen-bond acceptors (Lipinski definition) is 25. The van der Waals surface area contributed by atoms with Gasteiger partial charge in [0.1, 0.15) is 34.2 Å². The summed E-state index contributed by atoms with van der Waals surface area (Å²) in [6, 6.07) is 9.77. The molecule has 0 bridgehead atoms. The Balaban J connectivity index is 0.00000898. The number of rotatable bonds is 18. The van der Waals surface area contributed by atoms with Gasteiger partial charge in [0, 0.05) is 29.2 Å². The van der Waals surface area contributed by atoms with Crippen molar-refractivity contribution in [1.29, 1.82) is 0 Å². The molecule has 0 amide bonds. The van der Waals surface area contributed by atoms with Crippen molar-refractivity contribution in [2.75, 3.05) is 12.4 Å². The van der Waals surface area contributed by atoms with Crippen LogP contribution in [0.25, 0.3) is 10.8 Å². The van der Waals surface area contributed by atoms with Gasteiger partial charge < -0.3 is 24.6 Å². The number of nitro groups is 1. The van der Waals surface area contributed by atoms with E-state index in [0.29, 0.717) is 12.1 Å². The van der Waals surface area contributed by atoms with Gasteiger partial charge in [-0.15, -0.1) is 35.0 Å². The Morgan fingerprint density at radius 1 is 0.719 bits per heavy atom. The van der Waals surface area contributed by atoms with Crippen LogP contribution in [0.15, 0.2) is 112 Å². The van der Waals surface area contributed by atoms with Crippen molar-refractivity contribution in [3.8, 4) is 28.7 Å². The quantitative estimate of drug-likeness (QED) is 0.00669. The molecule has 0 radical (unpaired) electrons. The van der Waals surface area contributed by atoms with Gasteiger partial charge in [-0.25, -0.2) is 17.9 Å². The zero-order valence-electron chi connectivity index (χ0n) is 30.7. The maximum absolute atomic E-state index is 12.7. The van der Waals surface area contributed by atoms with Gasteiger partial charge in [0.2, 0.25) is 0 Å². The largest absolute Gasteiger partial charge is 0.505 e. The molecule has 8 N–H and O–H groups in total. The van der Waals surface area contributed by atoms with Crippen LogP contribution in [0, 0.1) is 10.1 Å². The van der Waals surface area contributed by atoms with E-state index < -0.39 is 137 Å². The Kier molecular flexibility index (Phi) is 16.5. The van der Waals surface area contributed by atoms with Crippen molar-refractivity contribution >= 4 is 104 Å². The molecule has 64 heavy (non-hydrogen) atoms. The first-order chi connectivity index (χ1) is 29.5. The topological polar surface area (TPSA) is 436 Å². The summed E-state index contributed by atoms with van der Waals surface area (Å²) in [5.74, 6) is -5.04. The summed E-state index contributed by atoms with van der Waals surface area (Å²) < 4.78 is 124. The first-order valence-corrected chi connectivity index (χ1v) is 22.2. The molecule has 0 saturated carbocycles. The molecule has 28 nitrogen and oxygen atoms in total. The Hall–Kier alpha value is -5.85. The monoisotopic (exact) mass is 1030 g/mol. The summed E-state index contributed by atoms with van der Waals surface area (Å²) in [4.78, 5) is 8.57. The SMILES string of the molecule is O=[N+]([O-])c1ccc(N=Nc2c(SOOO)cc3cc(S(=O)(=O)O)cc(N=Nc4c(O)ccc(N=Nc5ccc(S(=O)(=O)CCOS(=O)(=O)O)cc5OS(=O)O)c4O)c3c2O)c(O)c1.[Fe]. The smallest absolute Gasteiger partial charge is 0.397 e. The van der Waals surface area contributed by atoms with Crippen molar-refractivity contribution < 1.29 is 109 Å². The van der Waals surface area contributed by atoms with E-state index in [1.165, 1.54) is 0 Å². The number of azo groups is 3. The average molecular weight is 1030 g/mol. The maximum Gasteiger partial charge on any atom is 0.397 e. The number of aromatic hydroxyl groups is 4. The minimum Gasteiger partial charge on any atom is -0.505 e. The van der Waals surface area contributed by atoms with Gasteiger partial charge in [0.05, 0.1) is 61.2 Å². The number of phenols is 4. The van der Waals surface area contributed by atoms with E-state index in [4.69, 9.17) is 14.0 Å². The van der Waals surface area contributed by atoms with E-state index >= 15 is 0 Å². The zero-order valence-corrected chi connectivity index (χ0v) is 35.9. The molecule has 0 aliphatic carbocycles. The fourth-order valence-electron chi connectivity index (χ4n) is 4.92. The van der Waals surface area contributed by atoms with Crippen LogP contribution in [0.5, 0.6) is 28.7 Å². The number of hydrogen-bond donors (Lipinski definition) is 8. The molecule has 5 aromatic rings. The van der Waals surface area contributed by atoms with Gasteiger partial charge in [-0.05, 0) is 53.9 Å². The molecule has 0 fully saturated rings. The zero-order chi connectivity index (χ0) is 46.4. The predicted molar refractivity (Wildman–Crippen MR) is 211 cm³/mol. The van der Waals surface area contributed by atoms with Gasteiger partial charge in [-0.2, -0.15) is 21.0 Å². The van der Waals surface area contributed by atoms with Crippen LogP contribution >= 0.6 is 12.0 Å². The van der Waals surface area contributed by atoms with Gasteiger partial charge in [0.15, 0.2) is 32.8 Å². The third kappa shape index (κ3) is 12.7. The Morgan fingerprint density at radius 2 is 1.34 bits per heavy atom.